The number of hydrazone groups is 1. The van der Waals surface area contributed by atoms with Gasteiger partial charge in [0.1, 0.15) is 5.75 Å². The standard InChI is InChI=1S/C17H11ClN2O4/c18-14-9-13(5-6-15(14)21)17(24)20-19-10-12-3-1-2-11(8-12)4-7-16(22)23/h1-3,5-6,8-10,21H,(H,20,24)(H,22,23)/b19-10+. The molecule has 0 unspecified atom stereocenters. The molecule has 0 fully saturated rings. The molecular formula is C17H11ClN2O4. The number of rotatable bonds is 3. The molecule has 0 aliphatic heterocycles. The molecule has 2 aromatic carbocycles. The zero-order valence-electron chi connectivity index (χ0n) is 12.2. The van der Waals surface area contributed by atoms with Gasteiger partial charge in [0.05, 0.1) is 11.2 Å². The zero-order valence-corrected chi connectivity index (χ0v) is 12.9. The second-order valence-electron chi connectivity index (χ2n) is 4.55. The maximum absolute atomic E-state index is 11.9. The predicted molar refractivity (Wildman–Crippen MR) is 89.1 cm³/mol. The van der Waals surface area contributed by atoms with Gasteiger partial charge in [0.2, 0.25) is 0 Å². The molecule has 0 saturated carbocycles. The summed E-state index contributed by atoms with van der Waals surface area (Å²) in [5.74, 6) is 2.68. The van der Waals surface area contributed by atoms with Crippen LogP contribution in [0.25, 0.3) is 0 Å². The number of aromatic hydroxyl groups is 1. The Kier molecular flexibility index (Phi) is 5.55. The highest BCUT2D eigenvalue weighted by molar-refractivity contribution is 6.32. The van der Waals surface area contributed by atoms with Crippen molar-refractivity contribution in [2.75, 3.05) is 0 Å². The number of phenols is 1. The number of nitrogens with one attached hydrogen (secondary N) is 1. The van der Waals surface area contributed by atoms with Crippen molar-refractivity contribution >= 4 is 29.7 Å². The molecule has 120 valence electrons. The van der Waals surface area contributed by atoms with Crippen LogP contribution in [0.2, 0.25) is 5.02 Å². The fourth-order valence-electron chi connectivity index (χ4n) is 1.70. The Morgan fingerprint density at radius 3 is 2.71 bits per heavy atom. The van der Waals surface area contributed by atoms with Crippen LogP contribution in [0.1, 0.15) is 21.5 Å². The van der Waals surface area contributed by atoms with Gasteiger partial charge < -0.3 is 10.2 Å². The lowest BCUT2D eigenvalue weighted by atomic mass is 10.1. The third-order valence-corrected chi connectivity index (χ3v) is 3.09. The van der Waals surface area contributed by atoms with E-state index in [4.69, 9.17) is 16.7 Å². The molecule has 0 saturated heterocycles. The number of halogens is 1. The van der Waals surface area contributed by atoms with Crippen LogP contribution in [0.5, 0.6) is 5.75 Å². The lowest BCUT2D eigenvalue weighted by molar-refractivity contribution is -0.130. The van der Waals surface area contributed by atoms with Crippen LogP contribution in [0.15, 0.2) is 47.6 Å². The van der Waals surface area contributed by atoms with Crippen molar-refractivity contribution in [3.63, 3.8) is 0 Å². The Hall–Kier alpha value is -3.30. The Morgan fingerprint density at radius 1 is 1.21 bits per heavy atom. The van der Waals surface area contributed by atoms with Crippen molar-refractivity contribution in [1.29, 1.82) is 0 Å². The van der Waals surface area contributed by atoms with Gasteiger partial charge >= 0.3 is 5.97 Å². The largest absolute Gasteiger partial charge is 0.506 e. The van der Waals surface area contributed by atoms with E-state index in [2.05, 4.69) is 16.4 Å². The van der Waals surface area contributed by atoms with E-state index in [-0.39, 0.29) is 16.3 Å². The van der Waals surface area contributed by atoms with Gasteiger partial charge in [-0.3, -0.25) is 4.79 Å². The van der Waals surface area contributed by atoms with E-state index in [1.54, 1.807) is 24.3 Å². The molecule has 0 aliphatic carbocycles. The van der Waals surface area contributed by atoms with E-state index < -0.39 is 11.9 Å². The molecule has 0 bridgehead atoms. The van der Waals surface area contributed by atoms with Crippen molar-refractivity contribution in [2.45, 2.75) is 0 Å². The number of carbonyl (C=O) groups is 2. The number of benzene rings is 2. The second-order valence-corrected chi connectivity index (χ2v) is 4.95. The molecule has 2 rings (SSSR count). The summed E-state index contributed by atoms with van der Waals surface area (Å²) in [4.78, 5) is 22.3. The molecule has 0 atom stereocenters. The number of aliphatic carboxylic acids is 1. The van der Waals surface area contributed by atoms with Crippen LogP contribution in [0, 0.1) is 11.8 Å². The number of hydrogen-bond donors (Lipinski definition) is 3. The molecule has 7 heteroatoms. The van der Waals surface area contributed by atoms with Crippen molar-refractivity contribution < 1.29 is 19.8 Å². The van der Waals surface area contributed by atoms with Crippen LogP contribution in [-0.2, 0) is 4.79 Å². The normalized spacial score (nSPS) is 10.0. The molecule has 0 aromatic heterocycles. The second kappa shape index (κ2) is 7.81. The van der Waals surface area contributed by atoms with E-state index in [0.717, 1.165) is 0 Å². The summed E-state index contributed by atoms with van der Waals surface area (Å²) in [6, 6.07) is 10.7. The van der Waals surface area contributed by atoms with E-state index in [1.807, 2.05) is 5.92 Å². The molecule has 1 amide bonds. The monoisotopic (exact) mass is 342 g/mol. The van der Waals surface area contributed by atoms with Gasteiger partial charge in [0, 0.05) is 17.0 Å². The fourth-order valence-corrected chi connectivity index (χ4v) is 1.88. The first kappa shape index (κ1) is 17.1. The highest BCUT2D eigenvalue weighted by atomic mass is 35.5. The first-order valence-electron chi connectivity index (χ1n) is 6.62. The van der Waals surface area contributed by atoms with Gasteiger partial charge in [-0.05, 0) is 35.9 Å². The van der Waals surface area contributed by atoms with Crippen molar-refractivity contribution in [1.82, 2.24) is 5.43 Å². The first-order valence-corrected chi connectivity index (χ1v) is 7.00. The summed E-state index contributed by atoms with van der Waals surface area (Å²) in [6.07, 6.45) is 1.39. The van der Waals surface area contributed by atoms with Crippen LogP contribution in [0.3, 0.4) is 0 Å². The average molecular weight is 343 g/mol. The van der Waals surface area contributed by atoms with Gasteiger partial charge in [-0.1, -0.05) is 29.7 Å². The number of hydrogen-bond acceptors (Lipinski definition) is 4. The smallest absolute Gasteiger partial charge is 0.382 e. The summed E-state index contributed by atoms with van der Waals surface area (Å²) in [5.41, 5.74) is 3.72. The van der Waals surface area contributed by atoms with Crippen LogP contribution >= 0.6 is 11.6 Å². The van der Waals surface area contributed by atoms with Gasteiger partial charge in [0.15, 0.2) is 0 Å². The zero-order chi connectivity index (χ0) is 17.5. The quantitative estimate of drug-likeness (QED) is 0.452. The SMILES string of the molecule is O=C(O)C#Cc1cccc(/C=N/NC(=O)c2ccc(O)c(Cl)c2)c1. The molecule has 2 aromatic rings. The molecular weight excluding hydrogens is 332 g/mol. The molecule has 0 spiro atoms. The molecule has 24 heavy (non-hydrogen) atoms. The van der Waals surface area contributed by atoms with Crippen molar-refractivity contribution in [2.24, 2.45) is 5.10 Å². The third kappa shape index (κ3) is 4.87. The minimum Gasteiger partial charge on any atom is -0.506 e. The summed E-state index contributed by atoms with van der Waals surface area (Å²) in [6.45, 7) is 0. The number of amides is 1. The molecule has 0 radical (unpaired) electrons. The van der Waals surface area contributed by atoms with Gasteiger partial charge in [-0.15, -0.1) is 0 Å². The Bertz CT molecular complexity index is 882. The Balaban J connectivity index is 2.05. The van der Waals surface area contributed by atoms with Gasteiger partial charge in [0.25, 0.3) is 5.91 Å². The number of phenolic OH excluding ortho intramolecular Hbond substituents is 1. The van der Waals surface area contributed by atoms with Gasteiger partial charge in [-0.2, -0.15) is 5.10 Å². The first-order chi connectivity index (χ1) is 11.5. The molecule has 6 nitrogen and oxygen atoms in total. The van der Waals surface area contributed by atoms with Gasteiger partial charge in [-0.25, -0.2) is 10.2 Å². The van der Waals surface area contributed by atoms with Crippen LogP contribution in [-0.4, -0.2) is 28.3 Å². The lowest BCUT2D eigenvalue weighted by Crippen LogP contribution is -2.17. The Labute approximate surface area is 142 Å². The fraction of sp³-hybridized carbons (Fsp3) is 0. The highest BCUT2D eigenvalue weighted by Crippen LogP contribution is 2.23. The number of carboxylic acids is 1. The average Bonchev–Trinajstić information content (AvgIpc) is 2.56. The number of nitrogens with zero attached hydrogens (tertiary/aromatic N) is 1. The van der Waals surface area contributed by atoms with E-state index in [1.165, 1.54) is 24.4 Å². The third-order valence-electron chi connectivity index (χ3n) is 2.79. The maximum Gasteiger partial charge on any atom is 0.382 e. The maximum atomic E-state index is 11.9. The minimum absolute atomic E-state index is 0.0661. The van der Waals surface area contributed by atoms with Crippen LogP contribution in [0.4, 0.5) is 0 Å². The topological polar surface area (TPSA) is 99.0 Å². The van der Waals surface area contributed by atoms with Crippen molar-refractivity contribution in [3.8, 4) is 17.6 Å². The molecule has 3 N–H and O–H groups in total. The highest BCUT2D eigenvalue weighted by Gasteiger charge is 2.07. The van der Waals surface area contributed by atoms with E-state index in [9.17, 15) is 14.7 Å². The molecule has 0 aliphatic rings. The summed E-state index contributed by atoms with van der Waals surface area (Å²) in [7, 11) is 0. The predicted octanol–water partition coefficient (Wildman–Crippen LogP) is 2.25. The van der Waals surface area contributed by atoms with Crippen LogP contribution < -0.4 is 5.43 Å². The summed E-state index contributed by atoms with van der Waals surface area (Å²) in [5, 5.41) is 21.7. The number of carbonyl (C=O) groups excluding carboxylic acids is 1. The summed E-state index contributed by atoms with van der Waals surface area (Å²) < 4.78 is 0. The number of carboxylic acid groups (broad SMARTS) is 1. The van der Waals surface area contributed by atoms with Crippen molar-refractivity contribution in [3.05, 3.63) is 64.2 Å². The Morgan fingerprint density at radius 2 is 2.00 bits per heavy atom. The summed E-state index contributed by atoms with van der Waals surface area (Å²) >= 11 is 5.73. The lowest BCUT2D eigenvalue weighted by Gasteiger charge is -2.02. The molecule has 0 heterocycles. The van der Waals surface area contributed by atoms with E-state index >= 15 is 0 Å². The minimum atomic E-state index is -1.21. The van der Waals surface area contributed by atoms with E-state index in [0.29, 0.717) is 11.1 Å².